The minimum Gasteiger partial charge on any atom is -0.508 e. The van der Waals surface area contributed by atoms with Crippen LogP contribution in [-0.4, -0.2) is 33.9 Å². The van der Waals surface area contributed by atoms with Crippen LogP contribution in [-0.2, 0) is 16.0 Å². The first-order chi connectivity index (χ1) is 9.58. The first-order valence-corrected chi connectivity index (χ1v) is 7.07. The summed E-state index contributed by atoms with van der Waals surface area (Å²) < 4.78 is 5.61. The summed E-state index contributed by atoms with van der Waals surface area (Å²) in [5, 5.41) is 20.8. The van der Waals surface area contributed by atoms with Crippen LogP contribution in [0.4, 0.5) is 4.79 Å². The molecule has 0 fully saturated rings. The monoisotopic (exact) mass is 359 g/mol. The Labute approximate surface area is 131 Å². The Bertz CT molecular complexity index is 539. The summed E-state index contributed by atoms with van der Waals surface area (Å²) in [5.41, 5.74) is -0.0528. The SMILES string of the molecule is CC(C)(C)OC(=O)N[C@H](Cc1ccc(O)cc1Br)C(=O)O. The number of ether oxygens (including phenoxy) is 1. The maximum atomic E-state index is 11.7. The molecule has 0 saturated heterocycles. The van der Waals surface area contributed by atoms with E-state index in [2.05, 4.69) is 21.2 Å². The number of carboxylic acid groups (broad SMARTS) is 1. The normalized spacial score (nSPS) is 12.6. The van der Waals surface area contributed by atoms with E-state index in [0.717, 1.165) is 0 Å². The molecule has 1 amide bonds. The molecule has 0 aromatic heterocycles. The number of benzene rings is 1. The Hall–Kier alpha value is -1.76. The Balaban J connectivity index is 2.79. The van der Waals surface area contributed by atoms with Crippen LogP contribution in [0.3, 0.4) is 0 Å². The van der Waals surface area contributed by atoms with Crippen molar-refractivity contribution in [3.05, 3.63) is 28.2 Å². The molecular formula is C14H18BrNO5. The van der Waals surface area contributed by atoms with Crippen LogP contribution < -0.4 is 5.32 Å². The number of nitrogens with one attached hydrogen (secondary N) is 1. The summed E-state index contributed by atoms with van der Waals surface area (Å²) in [6.45, 7) is 5.08. The third-order valence-corrected chi connectivity index (χ3v) is 3.19. The van der Waals surface area contributed by atoms with Crippen LogP contribution in [0.5, 0.6) is 5.75 Å². The Kier molecular flexibility index (Phi) is 5.60. The lowest BCUT2D eigenvalue weighted by Crippen LogP contribution is -2.44. The Morgan fingerprint density at radius 2 is 2.00 bits per heavy atom. The van der Waals surface area contributed by atoms with Gasteiger partial charge in [0.2, 0.25) is 0 Å². The second-order valence-electron chi connectivity index (χ2n) is 5.52. The van der Waals surface area contributed by atoms with Crippen molar-refractivity contribution in [2.45, 2.75) is 38.8 Å². The number of carboxylic acids is 1. The van der Waals surface area contributed by atoms with Gasteiger partial charge in [-0.2, -0.15) is 0 Å². The zero-order chi connectivity index (χ0) is 16.2. The molecule has 116 valence electrons. The Morgan fingerprint density at radius 3 is 2.48 bits per heavy atom. The molecule has 21 heavy (non-hydrogen) atoms. The van der Waals surface area contributed by atoms with Crippen LogP contribution in [0.1, 0.15) is 26.3 Å². The van der Waals surface area contributed by atoms with Gasteiger partial charge in [-0.25, -0.2) is 9.59 Å². The predicted octanol–water partition coefficient (Wildman–Crippen LogP) is 2.68. The van der Waals surface area contributed by atoms with Crippen molar-refractivity contribution in [2.75, 3.05) is 0 Å². The molecule has 1 aromatic rings. The number of phenols is 1. The average Bonchev–Trinajstić information content (AvgIpc) is 2.28. The Morgan fingerprint density at radius 1 is 1.38 bits per heavy atom. The van der Waals surface area contributed by atoms with Gasteiger partial charge in [-0.15, -0.1) is 0 Å². The number of carbonyl (C=O) groups excluding carboxylic acids is 1. The second kappa shape index (κ2) is 6.80. The maximum absolute atomic E-state index is 11.7. The van der Waals surface area contributed by atoms with Crippen molar-refractivity contribution in [1.82, 2.24) is 5.32 Å². The molecule has 1 rings (SSSR count). The molecule has 0 radical (unpaired) electrons. The molecule has 0 aliphatic heterocycles. The summed E-state index contributed by atoms with van der Waals surface area (Å²) in [7, 11) is 0. The molecule has 1 aromatic carbocycles. The van der Waals surface area contributed by atoms with E-state index in [9.17, 15) is 19.8 Å². The summed E-state index contributed by atoms with van der Waals surface area (Å²) in [5.74, 6) is -1.10. The van der Waals surface area contributed by atoms with Gasteiger partial charge in [0.25, 0.3) is 0 Å². The smallest absolute Gasteiger partial charge is 0.408 e. The van der Waals surface area contributed by atoms with E-state index >= 15 is 0 Å². The minimum atomic E-state index is -1.17. The summed E-state index contributed by atoms with van der Waals surface area (Å²) in [6, 6.07) is 3.38. The fourth-order valence-corrected chi connectivity index (χ4v) is 2.10. The van der Waals surface area contributed by atoms with E-state index in [1.54, 1.807) is 26.8 Å². The third-order valence-electron chi connectivity index (χ3n) is 2.45. The quantitative estimate of drug-likeness (QED) is 0.767. The lowest BCUT2D eigenvalue weighted by atomic mass is 10.1. The number of carbonyl (C=O) groups is 2. The maximum Gasteiger partial charge on any atom is 0.408 e. The average molecular weight is 360 g/mol. The number of aromatic hydroxyl groups is 1. The fourth-order valence-electron chi connectivity index (χ4n) is 1.57. The van der Waals surface area contributed by atoms with E-state index in [4.69, 9.17) is 4.74 Å². The molecule has 7 heteroatoms. The number of phenolic OH excluding ortho intramolecular Hbond substituents is 1. The first kappa shape index (κ1) is 17.3. The molecule has 3 N–H and O–H groups in total. The highest BCUT2D eigenvalue weighted by Gasteiger charge is 2.24. The van der Waals surface area contributed by atoms with Crippen molar-refractivity contribution in [2.24, 2.45) is 0 Å². The minimum absolute atomic E-state index is 0.0649. The number of rotatable bonds is 4. The van der Waals surface area contributed by atoms with Crippen LogP contribution in [0.25, 0.3) is 0 Å². The molecule has 0 heterocycles. The lowest BCUT2D eigenvalue weighted by molar-refractivity contribution is -0.139. The van der Waals surface area contributed by atoms with Gasteiger partial charge in [-0.3, -0.25) is 0 Å². The standard InChI is InChI=1S/C14H18BrNO5/c1-14(2,3)21-13(20)16-11(12(18)19)6-8-4-5-9(17)7-10(8)15/h4-5,7,11,17H,6H2,1-3H3,(H,16,20)(H,18,19)/t11-/m1/s1. The summed E-state index contributed by atoms with van der Waals surface area (Å²) in [6.07, 6.45) is -0.722. The van der Waals surface area contributed by atoms with Crippen molar-refractivity contribution in [1.29, 1.82) is 0 Å². The van der Waals surface area contributed by atoms with Gasteiger partial charge in [-0.05, 0) is 38.5 Å². The number of hydrogen-bond donors (Lipinski definition) is 3. The summed E-state index contributed by atoms with van der Waals surface area (Å²) in [4.78, 5) is 22.9. The number of halogens is 1. The number of hydrogen-bond acceptors (Lipinski definition) is 4. The molecule has 0 unspecified atom stereocenters. The van der Waals surface area contributed by atoms with Crippen molar-refractivity contribution >= 4 is 28.0 Å². The fraction of sp³-hybridized carbons (Fsp3) is 0.429. The zero-order valence-electron chi connectivity index (χ0n) is 12.0. The molecule has 0 aliphatic rings. The molecule has 6 nitrogen and oxygen atoms in total. The van der Waals surface area contributed by atoms with Gasteiger partial charge in [0.1, 0.15) is 17.4 Å². The predicted molar refractivity (Wildman–Crippen MR) is 80.3 cm³/mol. The third kappa shape index (κ3) is 6.03. The van der Waals surface area contributed by atoms with Crippen LogP contribution >= 0.6 is 15.9 Å². The first-order valence-electron chi connectivity index (χ1n) is 6.28. The number of amides is 1. The van der Waals surface area contributed by atoms with E-state index in [1.807, 2.05) is 0 Å². The van der Waals surface area contributed by atoms with Crippen molar-refractivity contribution < 1.29 is 24.5 Å². The van der Waals surface area contributed by atoms with Gasteiger partial charge in [0.05, 0.1) is 0 Å². The van der Waals surface area contributed by atoms with E-state index in [0.29, 0.717) is 10.0 Å². The summed E-state index contributed by atoms with van der Waals surface area (Å²) >= 11 is 3.24. The molecule has 0 saturated carbocycles. The van der Waals surface area contributed by atoms with E-state index < -0.39 is 23.7 Å². The molecule has 1 atom stereocenters. The highest BCUT2D eigenvalue weighted by molar-refractivity contribution is 9.10. The van der Waals surface area contributed by atoms with Gasteiger partial charge >= 0.3 is 12.1 Å². The zero-order valence-corrected chi connectivity index (χ0v) is 13.6. The molecule has 0 bridgehead atoms. The highest BCUT2D eigenvalue weighted by Crippen LogP contribution is 2.23. The van der Waals surface area contributed by atoms with Gasteiger partial charge in [0, 0.05) is 10.9 Å². The van der Waals surface area contributed by atoms with Crippen LogP contribution in [0.2, 0.25) is 0 Å². The van der Waals surface area contributed by atoms with Gasteiger partial charge in [0.15, 0.2) is 0 Å². The highest BCUT2D eigenvalue weighted by atomic mass is 79.9. The van der Waals surface area contributed by atoms with Crippen LogP contribution in [0.15, 0.2) is 22.7 Å². The van der Waals surface area contributed by atoms with Crippen LogP contribution in [0, 0.1) is 0 Å². The largest absolute Gasteiger partial charge is 0.508 e. The lowest BCUT2D eigenvalue weighted by Gasteiger charge is -2.22. The van der Waals surface area contributed by atoms with Crippen molar-refractivity contribution in [3.63, 3.8) is 0 Å². The van der Waals surface area contributed by atoms with Crippen molar-refractivity contribution in [3.8, 4) is 5.75 Å². The van der Waals surface area contributed by atoms with Gasteiger partial charge in [-0.1, -0.05) is 22.0 Å². The number of aliphatic carboxylic acids is 1. The second-order valence-corrected chi connectivity index (χ2v) is 6.37. The molecule has 0 aliphatic carbocycles. The van der Waals surface area contributed by atoms with Gasteiger partial charge < -0.3 is 20.3 Å². The molecule has 0 spiro atoms. The molecular weight excluding hydrogens is 342 g/mol. The topological polar surface area (TPSA) is 95.9 Å². The number of alkyl carbamates (subject to hydrolysis) is 1. The van der Waals surface area contributed by atoms with E-state index in [-0.39, 0.29) is 12.2 Å². The van der Waals surface area contributed by atoms with E-state index in [1.165, 1.54) is 12.1 Å².